The number of nitrogens with one attached hydrogen (secondary N) is 1. The minimum atomic E-state index is -0.515. The van der Waals surface area contributed by atoms with Gasteiger partial charge >= 0.3 is 0 Å². The van der Waals surface area contributed by atoms with Crippen molar-refractivity contribution in [3.05, 3.63) is 58.7 Å². The lowest BCUT2D eigenvalue weighted by Gasteiger charge is -2.20. The normalized spacial score (nSPS) is 17.5. The van der Waals surface area contributed by atoms with Crippen molar-refractivity contribution in [2.24, 2.45) is 0 Å². The van der Waals surface area contributed by atoms with Gasteiger partial charge in [-0.05, 0) is 62.1 Å². The first-order valence-corrected chi connectivity index (χ1v) is 8.15. The molecular weight excluding hydrogens is 300 g/mol. The number of carbonyl (C=O) groups excluding carboxylic acids is 2. The van der Waals surface area contributed by atoms with Crippen molar-refractivity contribution in [1.82, 2.24) is 0 Å². The third-order valence-electron chi connectivity index (χ3n) is 4.66. The number of nitrogens with zero attached hydrogens (tertiary/aromatic N) is 1. The number of anilines is 2. The van der Waals surface area contributed by atoms with E-state index < -0.39 is 6.04 Å². The Hall–Kier alpha value is -2.62. The molecule has 1 fully saturated rings. The van der Waals surface area contributed by atoms with Crippen molar-refractivity contribution in [3.8, 4) is 0 Å². The zero-order chi connectivity index (χ0) is 17.4. The van der Waals surface area contributed by atoms with Gasteiger partial charge in [-0.15, -0.1) is 0 Å². The van der Waals surface area contributed by atoms with Gasteiger partial charge in [-0.2, -0.15) is 0 Å². The van der Waals surface area contributed by atoms with Crippen LogP contribution in [0, 0.1) is 27.7 Å². The summed E-state index contributed by atoms with van der Waals surface area (Å²) >= 11 is 0. The van der Waals surface area contributed by atoms with E-state index in [-0.39, 0.29) is 18.2 Å². The van der Waals surface area contributed by atoms with Crippen molar-refractivity contribution in [2.45, 2.75) is 40.2 Å². The first kappa shape index (κ1) is 16.2. The predicted octanol–water partition coefficient (Wildman–Crippen LogP) is 3.66. The van der Waals surface area contributed by atoms with E-state index in [2.05, 4.69) is 5.32 Å². The number of rotatable bonds is 3. The maximum Gasteiger partial charge on any atom is 0.256 e. The fourth-order valence-corrected chi connectivity index (χ4v) is 3.17. The van der Waals surface area contributed by atoms with Crippen LogP contribution in [0.15, 0.2) is 36.4 Å². The molecule has 3 rings (SSSR count). The molecule has 4 heteroatoms. The van der Waals surface area contributed by atoms with Gasteiger partial charge in [0.1, 0.15) is 6.04 Å². The topological polar surface area (TPSA) is 49.4 Å². The van der Waals surface area contributed by atoms with Crippen molar-refractivity contribution < 1.29 is 9.59 Å². The zero-order valence-electron chi connectivity index (χ0n) is 14.5. The Labute approximate surface area is 142 Å². The summed E-state index contributed by atoms with van der Waals surface area (Å²) in [5.41, 5.74) is 5.81. The molecule has 1 aliphatic rings. The highest BCUT2D eigenvalue weighted by Crippen LogP contribution is 2.30. The summed E-state index contributed by atoms with van der Waals surface area (Å²) in [6.07, 6.45) is 0.180. The summed E-state index contributed by atoms with van der Waals surface area (Å²) in [7, 11) is 0. The molecule has 0 unspecified atom stereocenters. The number of hydrogen-bond acceptors (Lipinski definition) is 3. The average molecular weight is 322 g/mol. The van der Waals surface area contributed by atoms with Crippen molar-refractivity contribution in [1.29, 1.82) is 0 Å². The first-order valence-electron chi connectivity index (χ1n) is 8.15. The molecule has 2 aromatic carbocycles. The molecule has 2 amide bonds. The van der Waals surface area contributed by atoms with Crippen LogP contribution >= 0.6 is 0 Å². The molecule has 0 bridgehead atoms. The third-order valence-corrected chi connectivity index (χ3v) is 4.66. The molecule has 1 N–H and O–H groups in total. The molecule has 0 aromatic heterocycles. The van der Waals surface area contributed by atoms with Crippen LogP contribution in [-0.4, -0.2) is 17.9 Å². The van der Waals surface area contributed by atoms with Crippen LogP contribution in [0.1, 0.15) is 28.7 Å². The van der Waals surface area contributed by atoms with Gasteiger partial charge in [-0.1, -0.05) is 24.3 Å². The number of para-hydroxylation sites is 1. The van der Waals surface area contributed by atoms with E-state index in [0.29, 0.717) is 0 Å². The Bertz CT molecular complexity index is 806. The monoisotopic (exact) mass is 322 g/mol. The number of benzene rings is 2. The van der Waals surface area contributed by atoms with Gasteiger partial charge in [-0.3, -0.25) is 9.59 Å². The molecule has 0 radical (unpaired) electrons. The van der Waals surface area contributed by atoms with Crippen molar-refractivity contribution >= 4 is 23.2 Å². The lowest BCUT2D eigenvalue weighted by molar-refractivity contribution is -0.121. The van der Waals surface area contributed by atoms with E-state index >= 15 is 0 Å². The molecule has 1 saturated heterocycles. The largest absolute Gasteiger partial charge is 0.373 e. The minimum absolute atomic E-state index is 0.154. The Kier molecular flexibility index (Phi) is 4.14. The molecular formula is C20H22N2O2. The van der Waals surface area contributed by atoms with Gasteiger partial charge in [0.25, 0.3) is 5.91 Å². The first-order chi connectivity index (χ1) is 11.4. The minimum Gasteiger partial charge on any atom is -0.373 e. The molecule has 1 heterocycles. The molecule has 0 spiro atoms. The quantitative estimate of drug-likeness (QED) is 0.877. The highest BCUT2D eigenvalue weighted by atomic mass is 16.2. The van der Waals surface area contributed by atoms with E-state index in [1.54, 1.807) is 0 Å². The molecule has 1 atom stereocenters. The van der Waals surface area contributed by atoms with Crippen molar-refractivity contribution in [3.63, 3.8) is 0 Å². The maximum absolute atomic E-state index is 12.8. The highest BCUT2D eigenvalue weighted by Gasteiger charge is 2.40. The Morgan fingerprint density at radius 2 is 1.58 bits per heavy atom. The summed E-state index contributed by atoms with van der Waals surface area (Å²) in [5.74, 6) is -0.339. The van der Waals surface area contributed by atoms with Crippen LogP contribution in [0.2, 0.25) is 0 Å². The molecule has 2 aromatic rings. The van der Waals surface area contributed by atoms with Crippen LogP contribution in [0.4, 0.5) is 11.4 Å². The van der Waals surface area contributed by atoms with E-state index in [1.807, 2.05) is 64.1 Å². The molecule has 1 aliphatic heterocycles. The number of aryl methyl sites for hydroxylation is 4. The summed E-state index contributed by atoms with van der Waals surface area (Å²) in [6.45, 7) is 7.93. The summed E-state index contributed by atoms with van der Waals surface area (Å²) < 4.78 is 0. The number of hydrogen-bond donors (Lipinski definition) is 1. The van der Waals surface area contributed by atoms with Crippen LogP contribution in [0.5, 0.6) is 0 Å². The van der Waals surface area contributed by atoms with Gasteiger partial charge in [0, 0.05) is 5.69 Å². The maximum atomic E-state index is 12.8. The zero-order valence-corrected chi connectivity index (χ0v) is 14.5. The summed E-state index contributed by atoms with van der Waals surface area (Å²) in [4.78, 5) is 26.6. The smallest absolute Gasteiger partial charge is 0.256 e. The van der Waals surface area contributed by atoms with Crippen LogP contribution in [0.25, 0.3) is 0 Å². The second-order valence-electron chi connectivity index (χ2n) is 6.51. The number of carbonyl (C=O) groups is 2. The Morgan fingerprint density at radius 3 is 2.21 bits per heavy atom. The molecule has 0 saturated carbocycles. The van der Waals surface area contributed by atoms with Gasteiger partial charge in [0.2, 0.25) is 5.91 Å². The average Bonchev–Trinajstić information content (AvgIpc) is 2.78. The lowest BCUT2D eigenvalue weighted by Crippen LogP contribution is -2.35. The van der Waals surface area contributed by atoms with Gasteiger partial charge in [0.15, 0.2) is 0 Å². The second-order valence-corrected chi connectivity index (χ2v) is 6.51. The van der Waals surface area contributed by atoms with E-state index in [9.17, 15) is 9.59 Å². The van der Waals surface area contributed by atoms with Crippen LogP contribution in [-0.2, 0) is 9.59 Å². The molecule has 0 aliphatic carbocycles. The van der Waals surface area contributed by atoms with Gasteiger partial charge in [0.05, 0.1) is 12.1 Å². The van der Waals surface area contributed by atoms with E-state index in [0.717, 1.165) is 28.1 Å². The fraction of sp³-hybridized carbons (Fsp3) is 0.300. The number of amides is 2. The highest BCUT2D eigenvalue weighted by molar-refractivity contribution is 6.23. The predicted molar refractivity (Wildman–Crippen MR) is 96.4 cm³/mol. The van der Waals surface area contributed by atoms with Crippen molar-refractivity contribution in [2.75, 3.05) is 10.2 Å². The SMILES string of the molecule is Cc1ccc(N[C@@H]2CC(=O)N(c3c(C)cccc3C)C2=O)cc1C. The molecule has 24 heavy (non-hydrogen) atoms. The molecule has 124 valence electrons. The second kappa shape index (κ2) is 6.11. The number of imide groups is 1. The Morgan fingerprint density at radius 1 is 0.917 bits per heavy atom. The summed E-state index contributed by atoms with van der Waals surface area (Å²) in [5, 5.41) is 3.22. The van der Waals surface area contributed by atoms with Gasteiger partial charge in [-0.25, -0.2) is 4.90 Å². The molecule has 4 nitrogen and oxygen atoms in total. The van der Waals surface area contributed by atoms with Gasteiger partial charge < -0.3 is 5.32 Å². The Balaban J connectivity index is 1.88. The summed E-state index contributed by atoms with van der Waals surface area (Å²) in [6, 6.07) is 11.2. The van der Waals surface area contributed by atoms with E-state index in [1.165, 1.54) is 10.5 Å². The van der Waals surface area contributed by atoms with E-state index in [4.69, 9.17) is 0 Å². The standard InChI is InChI=1S/C20H22N2O2/c1-12-8-9-16(10-15(12)4)21-17-11-18(23)22(20(17)24)19-13(2)6-5-7-14(19)3/h5-10,17,21H,11H2,1-4H3/t17-/m1/s1. The fourth-order valence-electron chi connectivity index (χ4n) is 3.17. The van der Waals surface area contributed by atoms with Crippen LogP contribution < -0.4 is 10.2 Å². The lowest BCUT2D eigenvalue weighted by atomic mass is 10.1. The van der Waals surface area contributed by atoms with Crippen LogP contribution in [0.3, 0.4) is 0 Å². The third kappa shape index (κ3) is 2.80.